The Morgan fingerprint density at radius 2 is 1.92 bits per heavy atom. The monoisotopic (exact) mass is 371 g/mol. The van der Waals surface area contributed by atoms with Gasteiger partial charge in [0.05, 0.1) is 12.6 Å². The van der Waals surface area contributed by atoms with E-state index in [4.69, 9.17) is 4.74 Å². The van der Waals surface area contributed by atoms with Crippen molar-refractivity contribution < 1.29 is 4.74 Å². The molecule has 0 atom stereocenters. The van der Waals surface area contributed by atoms with Crippen LogP contribution in [0.3, 0.4) is 0 Å². The highest BCUT2D eigenvalue weighted by atomic mass is 32.1. The second kappa shape index (κ2) is 8.85. The van der Waals surface area contributed by atoms with Gasteiger partial charge in [-0.2, -0.15) is 0 Å². The molecular weight excluding hydrogens is 346 g/mol. The van der Waals surface area contributed by atoms with Crippen molar-refractivity contribution in [1.82, 2.24) is 9.97 Å². The highest BCUT2D eigenvalue weighted by molar-refractivity contribution is 7.22. The van der Waals surface area contributed by atoms with Gasteiger partial charge in [0.15, 0.2) is 0 Å². The van der Waals surface area contributed by atoms with E-state index in [1.165, 1.54) is 37.0 Å². The van der Waals surface area contributed by atoms with Gasteiger partial charge in [0, 0.05) is 11.4 Å². The Bertz CT molecular complexity index is 900. The third-order valence-corrected chi connectivity index (χ3v) is 5.50. The summed E-state index contributed by atoms with van der Waals surface area (Å²) in [6.07, 6.45) is 6.07. The molecule has 0 aliphatic rings. The van der Waals surface area contributed by atoms with Crippen LogP contribution < -0.4 is 15.6 Å². The molecular formula is C20H25N3O2S. The first-order valence-electron chi connectivity index (χ1n) is 9.13. The Morgan fingerprint density at radius 1 is 1.15 bits per heavy atom. The molecule has 0 spiro atoms. The summed E-state index contributed by atoms with van der Waals surface area (Å²) in [5, 5.41) is 3.24. The molecule has 3 rings (SSSR count). The van der Waals surface area contributed by atoms with E-state index in [-0.39, 0.29) is 5.56 Å². The minimum Gasteiger partial charge on any atom is -0.497 e. The Balaban J connectivity index is 1.72. The molecule has 0 saturated heterocycles. The molecule has 3 aromatic rings. The number of hydrogen-bond donors (Lipinski definition) is 2. The van der Waals surface area contributed by atoms with Gasteiger partial charge < -0.3 is 10.1 Å². The third kappa shape index (κ3) is 4.43. The Kier molecular flexibility index (Phi) is 6.28. The van der Waals surface area contributed by atoms with Crippen molar-refractivity contribution >= 4 is 27.5 Å². The first-order valence-corrected chi connectivity index (χ1v) is 9.95. The maximum atomic E-state index is 12.4. The number of aromatic nitrogens is 2. The molecule has 5 nitrogen and oxygen atoms in total. The molecule has 26 heavy (non-hydrogen) atoms. The van der Waals surface area contributed by atoms with Gasteiger partial charge in [-0.05, 0) is 42.3 Å². The molecule has 0 bridgehead atoms. The number of unbranched alkanes of at least 4 members (excludes halogenated alkanes) is 4. The van der Waals surface area contributed by atoms with E-state index in [1.807, 2.05) is 30.3 Å². The van der Waals surface area contributed by atoms with E-state index in [1.54, 1.807) is 7.11 Å². The first-order chi connectivity index (χ1) is 12.7. The standard InChI is InChI=1S/C20H25N3O2S/c1-3-4-5-6-7-12-21-20-22-16-13-17(26-18(16)19(24)23-20)14-8-10-15(25-2)11-9-14/h8-11,13H,3-7,12H2,1-2H3,(H2,21,22,23,24). The first kappa shape index (κ1) is 18.5. The summed E-state index contributed by atoms with van der Waals surface area (Å²) in [5.41, 5.74) is 1.70. The Labute approximate surface area is 157 Å². The van der Waals surface area contributed by atoms with Crippen LogP contribution in [0, 0.1) is 0 Å². The van der Waals surface area contributed by atoms with Crippen LogP contribution in [-0.4, -0.2) is 23.6 Å². The zero-order valence-corrected chi connectivity index (χ0v) is 16.1. The lowest BCUT2D eigenvalue weighted by atomic mass is 10.1. The van der Waals surface area contributed by atoms with Crippen molar-refractivity contribution in [3.05, 3.63) is 40.7 Å². The average Bonchev–Trinajstić information content (AvgIpc) is 3.09. The van der Waals surface area contributed by atoms with Gasteiger partial charge in [-0.25, -0.2) is 4.98 Å². The number of nitrogens with one attached hydrogen (secondary N) is 2. The summed E-state index contributed by atoms with van der Waals surface area (Å²) < 4.78 is 5.85. The maximum Gasteiger partial charge on any atom is 0.270 e. The van der Waals surface area contributed by atoms with Crippen LogP contribution in [-0.2, 0) is 0 Å². The summed E-state index contributed by atoms with van der Waals surface area (Å²) in [5.74, 6) is 1.37. The smallest absolute Gasteiger partial charge is 0.270 e. The van der Waals surface area contributed by atoms with E-state index in [2.05, 4.69) is 22.2 Å². The number of hydrogen-bond acceptors (Lipinski definition) is 5. The van der Waals surface area contributed by atoms with E-state index < -0.39 is 0 Å². The van der Waals surface area contributed by atoms with Crippen LogP contribution in [0.5, 0.6) is 5.75 Å². The maximum absolute atomic E-state index is 12.4. The minimum absolute atomic E-state index is 0.0896. The number of rotatable bonds is 9. The van der Waals surface area contributed by atoms with E-state index in [9.17, 15) is 4.79 Å². The number of fused-ring (bicyclic) bond motifs is 1. The third-order valence-electron chi connectivity index (χ3n) is 4.33. The number of aromatic amines is 1. The Hall–Kier alpha value is -2.34. The van der Waals surface area contributed by atoms with Crippen molar-refractivity contribution in [2.75, 3.05) is 19.0 Å². The molecule has 138 valence electrons. The number of H-pyrrole nitrogens is 1. The van der Waals surface area contributed by atoms with E-state index >= 15 is 0 Å². The van der Waals surface area contributed by atoms with Gasteiger partial charge in [0.25, 0.3) is 5.56 Å². The van der Waals surface area contributed by atoms with Crippen molar-refractivity contribution in [3.63, 3.8) is 0 Å². The van der Waals surface area contributed by atoms with Crippen LogP contribution >= 0.6 is 11.3 Å². The number of thiophene rings is 1. The quantitative estimate of drug-likeness (QED) is 0.517. The molecule has 0 amide bonds. The van der Waals surface area contributed by atoms with Gasteiger partial charge >= 0.3 is 0 Å². The fraction of sp³-hybridized carbons (Fsp3) is 0.400. The molecule has 0 aliphatic heterocycles. The number of anilines is 1. The second-order valence-electron chi connectivity index (χ2n) is 6.31. The summed E-state index contributed by atoms with van der Waals surface area (Å²) in [7, 11) is 1.65. The van der Waals surface area contributed by atoms with Crippen LogP contribution in [0.15, 0.2) is 35.1 Å². The highest BCUT2D eigenvalue weighted by Crippen LogP contribution is 2.32. The van der Waals surface area contributed by atoms with Gasteiger partial charge in [-0.3, -0.25) is 9.78 Å². The lowest BCUT2D eigenvalue weighted by molar-refractivity contribution is 0.415. The predicted octanol–water partition coefficient (Wildman–Crippen LogP) is 5.04. The molecule has 2 aromatic heterocycles. The largest absolute Gasteiger partial charge is 0.497 e. The minimum atomic E-state index is -0.0896. The van der Waals surface area contributed by atoms with Crippen molar-refractivity contribution in [1.29, 1.82) is 0 Å². The van der Waals surface area contributed by atoms with E-state index in [0.717, 1.165) is 34.7 Å². The van der Waals surface area contributed by atoms with Crippen molar-refractivity contribution in [2.24, 2.45) is 0 Å². The molecule has 6 heteroatoms. The molecule has 0 aliphatic carbocycles. The summed E-state index contributed by atoms with van der Waals surface area (Å²) in [6.45, 7) is 3.04. The Morgan fingerprint density at radius 3 is 2.65 bits per heavy atom. The van der Waals surface area contributed by atoms with Crippen LogP contribution in [0.2, 0.25) is 0 Å². The number of ether oxygens (including phenoxy) is 1. The summed E-state index contributed by atoms with van der Waals surface area (Å²) >= 11 is 1.46. The molecule has 2 N–H and O–H groups in total. The van der Waals surface area contributed by atoms with Crippen LogP contribution in [0.4, 0.5) is 5.95 Å². The zero-order chi connectivity index (χ0) is 18.4. The van der Waals surface area contributed by atoms with Gasteiger partial charge in [-0.1, -0.05) is 32.6 Å². The van der Waals surface area contributed by atoms with Gasteiger partial charge in [0.2, 0.25) is 5.95 Å². The predicted molar refractivity (Wildman–Crippen MR) is 109 cm³/mol. The summed E-state index contributed by atoms with van der Waals surface area (Å²) in [4.78, 5) is 20.8. The van der Waals surface area contributed by atoms with Crippen molar-refractivity contribution in [3.8, 4) is 16.2 Å². The lowest BCUT2D eigenvalue weighted by Crippen LogP contribution is -2.12. The summed E-state index contributed by atoms with van der Waals surface area (Å²) in [6, 6.07) is 9.80. The van der Waals surface area contributed by atoms with Crippen LogP contribution in [0.25, 0.3) is 20.7 Å². The second-order valence-corrected chi connectivity index (χ2v) is 7.36. The van der Waals surface area contributed by atoms with Crippen LogP contribution in [0.1, 0.15) is 39.0 Å². The number of methoxy groups -OCH3 is 1. The molecule has 0 radical (unpaired) electrons. The number of nitrogens with zero attached hydrogens (tertiary/aromatic N) is 1. The molecule has 2 heterocycles. The fourth-order valence-corrected chi connectivity index (χ4v) is 3.85. The molecule has 1 aromatic carbocycles. The lowest BCUT2D eigenvalue weighted by Gasteiger charge is -2.04. The average molecular weight is 372 g/mol. The topological polar surface area (TPSA) is 67.0 Å². The van der Waals surface area contributed by atoms with Gasteiger partial charge in [-0.15, -0.1) is 11.3 Å². The molecule has 0 saturated carbocycles. The normalized spacial score (nSPS) is 11.0. The highest BCUT2D eigenvalue weighted by Gasteiger charge is 2.10. The SMILES string of the molecule is CCCCCCCNc1nc2cc(-c3ccc(OC)cc3)sc2c(=O)[nH]1. The van der Waals surface area contributed by atoms with Crippen molar-refractivity contribution in [2.45, 2.75) is 39.0 Å². The van der Waals surface area contributed by atoms with Gasteiger partial charge in [0.1, 0.15) is 10.4 Å². The van der Waals surface area contributed by atoms with E-state index in [0.29, 0.717) is 10.6 Å². The number of benzene rings is 1. The molecule has 0 unspecified atom stereocenters. The zero-order valence-electron chi connectivity index (χ0n) is 15.3. The fourth-order valence-electron chi connectivity index (χ4n) is 2.86. The molecule has 0 fully saturated rings.